The van der Waals surface area contributed by atoms with Crippen molar-refractivity contribution in [1.29, 1.82) is 0 Å². The molecule has 7 heteroatoms. The van der Waals surface area contributed by atoms with Crippen molar-refractivity contribution >= 4 is 21.9 Å². The standard InChI is InChI=1S/C13H13BrFN3O2/c14-11-2-1-9(15)7-12(11)20-10-3-5-18(6-4-10)13-16-8-19-17-13/h1-2,7-8,10H,3-6H2. The fourth-order valence-electron chi connectivity index (χ4n) is 2.23. The second kappa shape index (κ2) is 5.78. The molecule has 1 fully saturated rings. The first kappa shape index (κ1) is 13.4. The number of hydrogen-bond acceptors (Lipinski definition) is 5. The highest BCUT2D eigenvalue weighted by Gasteiger charge is 2.23. The van der Waals surface area contributed by atoms with Crippen LogP contribution >= 0.6 is 15.9 Å². The van der Waals surface area contributed by atoms with E-state index in [1.54, 1.807) is 6.07 Å². The number of benzene rings is 1. The van der Waals surface area contributed by atoms with Crippen LogP contribution in [0.2, 0.25) is 0 Å². The van der Waals surface area contributed by atoms with Crippen molar-refractivity contribution in [2.75, 3.05) is 18.0 Å². The summed E-state index contributed by atoms with van der Waals surface area (Å²) in [7, 11) is 0. The molecular formula is C13H13BrFN3O2. The Balaban J connectivity index is 1.60. The van der Waals surface area contributed by atoms with Gasteiger partial charge < -0.3 is 14.2 Å². The molecule has 0 aliphatic carbocycles. The van der Waals surface area contributed by atoms with E-state index in [1.165, 1.54) is 18.5 Å². The van der Waals surface area contributed by atoms with E-state index in [9.17, 15) is 4.39 Å². The van der Waals surface area contributed by atoms with Gasteiger partial charge in [-0.3, -0.25) is 0 Å². The van der Waals surface area contributed by atoms with Gasteiger partial charge in [0.25, 0.3) is 5.95 Å². The molecule has 0 atom stereocenters. The number of piperidine rings is 1. The summed E-state index contributed by atoms with van der Waals surface area (Å²) in [4.78, 5) is 6.07. The molecule has 0 N–H and O–H groups in total. The Morgan fingerprint density at radius 1 is 1.35 bits per heavy atom. The van der Waals surface area contributed by atoms with Crippen LogP contribution in [-0.4, -0.2) is 29.3 Å². The van der Waals surface area contributed by atoms with E-state index in [1.807, 2.05) is 4.90 Å². The molecule has 2 aromatic rings. The normalized spacial score (nSPS) is 16.4. The second-order valence-corrected chi connectivity index (χ2v) is 5.46. The van der Waals surface area contributed by atoms with Crippen molar-refractivity contribution in [1.82, 2.24) is 10.1 Å². The first-order valence-corrected chi connectivity index (χ1v) is 7.15. The van der Waals surface area contributed by atoms with Crippen LogP contribution in [0.4, 0.5) is 10.3 Å². The maximum absolute atomic E-state index is 13.2. The second-order valence-electron chi connectivity index (χ2n) is 4.61. The smallest absolute Gasteiger partial charge is 0.265 e. The molecule has 1 saturated heterocycles. The highest BCUT2D eigenvalue weighted by molar-refractivity contribution is 9.10. The number of hydrogen-bond donors (Lipinski definition) is 0. The lowest BCUT2D eigenvalue weighted by Gasteiger charge is -2.31. The summed E-state index contributed by atoms with van der Waals surface area (Å²) in [5.41, 5.74) is 0. The van der Waals surface area contributed by atoms with Crippen LogP contribution in [-0.2, 0) is 0 Å². The molecule has 5 nitrogen and oxygen atoms in total. The minimum Gasteiger partial charge on any atom is -0.489 e. The minimum absolute atomic E-state index is 0.0660. The Hall–Kier alpha value is -1.63. The summed E-state index contributed by atoms with van der Waals surface area (Å²) >= 11 is 3.37. The van der Waals surface area contributed by atoms with Gasteiger partial charge >= 0.3 is 0 Å². The summed E-state index contributed by atoms with van der Waals surface area (Å²) in [6, 6.07) is 4.45. The molecule has 0 saturated carbocycles. The van der Waals surface area contributed by atoms with Gasteiger partial charge in [0, 0.05) is 32.0 Å². The van der Waals surface area contributed by atoms with E-state index in [-0.39, 0.29) is 11.9 Å². The molecule has 0 spiro atoms. The zero-order valence-electron chi connectivity index (χ0n) is 10.6. The van der Waals surface area contributed by atoms with Crippen LogP contribution in [0, 0.1) is 5.82 Å². The molecule has 0 radical (unpaired) electrons. The van der Waals surface area contributed by atoms with Gasteiger partial charge in [-0.1, -0.05) is 0 Å². The van der Waals surface area contributed by atoms with E-state index in [4.69, 9.17) is 9.26 Å². The minimum atomic E-state index is -0.299. The Morgan fingerprint density at radius 3 is 2.85 bits per heavy atom. The fraction of sp³-hybridized carbons (Fsp3) is 0.385. The van der Waals surface area contributed by atoms with E-state index >= 15 is 0 Å². The van der Waals surface area contributed by atoms with Crippen LogP contribution in [0.3, 0.4) is 0 Å². The molecule has 2 heterocycles. The van der Waals surface area contributed by atoms with E-state index in [0.717, 1.165) is 30.4 Å². The summed E-state index contributed by atoms with van der Waals surface area (Å²) < 4.78 is 24.6. The molecule has 0 unspecified atom stereocenters. The van der Waals surface area contributed by atoms with E-state index in [0.29, 0.717) is 11.7 Å². The predicted molar refractivity (Wildman–Crippen MR) is 74.3 cm³/mol. The van der Waals surface area contributed by atoms with Crippen molar-refractivity contribution in [2.45, 2.75) is 18.9 Å². The molecule has 0 amide bonds. The van der Waals surface area contributed by atoms with Crippen molar-refractivity contribution < 1.29 is 13.7 Å². The summed E-state index contributed by atoms with van der Waals surface area (Å²) in [5, 5.41) is 3.82. The Bertz CT molecular complexity index is 571. The van der Waals surface area contributed by atoms with Crippen LogP contribution in [0.1, 0.15) is 12.8 Å². The Morgan fingerprint density at radius 2 is 2.15 bits per heavy atom. The van der Waals surface area contributed by atoms with E-state index in [2.05, 4.69) is 26.1 Å². The Labute approximate surface area is 123 Å². The topological polar surface area (TPSA) is 51.4 Å². The monoisotopic (exact) mass is 341 g/mol. The number of aromatic nitrogens is 2. The van der Waals surface area contributed by atoms with Gasteiger partial charge in [-0.15, -0.1) is 0 Å². The molecule has 0 bridgehead atoms. The van der Waals surface area contributed by atoms with Crippen LogP contribution < -0.4 is 9.64 Å². The van der Waals surface area contributed by atoms with Crippen LogP contribution in [0.15, 0.2) is 33.6 Å². The molecule has 1 aliphatic heterocycles. The molecule has 106 valence electrons. The van der Waals surface area contributed by atoms with Crippen molar-refractivity contribution in [3.63, 3.8) is 0 Å². The Kier molecular flexibility index (Phi) is 3.86. The number of nitrogens with zero attached hydrogens (tertiary/aromatic N) is 3. The SMILES string of the molecule is Fc1ccc(Br)c(OC2CCN(c3ncon3)CC2)c1. The maximum atomic E-state index is 13.2. The first-order valence-electron chi connectivity index (χ1n) is 6.35. The predicted octanol–water partition coefficient (Wildman–Crippen LogP) is 3.02. The van der Waals surface area contributed by atoms with Gasteiger partial charge in [-0.25, -0.2) is 4.39 Å². The van der Waals surface area contributed by atoms with Gasteiger partial charge in [0.05, 0.1) is 4.47 Å². The molecule has 1 aliphatic rings. The van der Waals surface area contributed by atoms with Gasteiger partial charge in [0.2, 0.25) is 6.39 Å². The lowest BCUT2D eigenvalue weighted by atomic mass is 10.1. The third kappa shape index (κ3) is 2.92. The summed E-state index contributed by atoms with van der Waals surface area (Å²) in [6.07, 6.45) is 3.05. The van der Waals surface area contributed by atoms with E-state index < -0.39 is 0 Å². The molecule has 20 heavy (non-hydrogen) atoms. The lowest BCUT2D eigenvalue weighted by Crippen LogP contribution is -2.38. The fourth-order valence-corrected chi connectivity index (χ4v) is 2.57. The number of rotatable bonds is 3. The highest BCUT2D eigenvalue weighted by atomic mass is 79.9. The quantitative estimate of drug-likeness (QED) is 0.858. The van der Waals surface area contributed by atoms with Gasteiger partial charge in [-0.05, 0) is 33.2 Å². The molecular weight excluding hydrogens is 329 g/mol. The largest absolute Gasteiger partial charge is 0.489 e. The van der Waals surface area contributed by atoms with Crippen molar-refractivity contribution in [2.24, 2.45) is 0 Å². The third-order valence-electron chi connectivity index (χ3n) is 3.26. The number of halogens is 2. The van der Waals surface area contributed by atoms with Crippen molar-refractivity contribution in [3.05, 3.63) is 34.9 Å². The first-order chi connectivity index (χ1) is 9.72. The average molecular weight is 342 g/mol. The summed E-state index contributed by atoms with van der Waals surface area (Å²) in [5.74, 6) is 0.853. The van der Waals surface area contributed by atoms with Crippen LogP contribution in [0.5, 0.6) is 5.75 Å². The zero-order chi connectivity index (χ0) is 13.9. The molecule has 3 rings (SSSR count). The third-order valence-corrected chi connectivity index (χ3v) is 3.92. The number of ether oxygens (including phenoxy) is 1. The summed E-state index contributed by atoms with van der Waals surface area (Å²) in [6.45, 7) is 1.58. The van der Waals surface area contributed by atoms with Crippen molar-refractivity contribution in [3.8, 4) is 5.75 Å². The molecule has 1 aromatic heterocycles. The van der Waals surface area contributed by atoms with Gasteiger partial charge in [-0.2, -0.15) is 4.98 Å². The average Bonchev–Trinajstić information content (AvgIpc) is 2.98. The van der Waals surface area contributed by atoms with Gasteiger partial charge in [0.15, 0.2) is 0 Å². The number of anilines is 1. The lowest BCUT2D eigenvalue weighted by molar-refractivity contribution is 0.168. The van der Waals surface area contributed by atoms with Crippen LogP contribution in [0.25, 0.3) is 0 Å². The highest BCUT2D eigenvalue weighted by Crippen LogP contribution is 2.28. The van der Waals surface area contributed by atoms with Gasteiger partial charge in [0.1, 0.15) is 17.7 Å². The maximum Gasteiger partial charge on any atom is 0.265 e. The zero-order valence-corrected chi connectivity index (χ0v) is 12.2. The molecule has 1 aromatic carbocycles.